The van der Waals surface area contributed by atoms with Crippen LogP contribution in [0.2, 0.25) is 0 Å². The van der Waals surface area contributed by atoms with Crippen molar-refractivity contribution < 1.29 is 13.6 Å². The summed E-state index contributed by atoms with van der Waals surface area (Å²) in [5.41, 5.74) is 5.42. The third-order valence-electron chi connectivity index (χ3n) is 1.64. The molecular weight excluding hydrogens is 202 g/mol. The third kappa shape index (κ3) is 2.34. The lowest BCUT2D eigenvalue weighted by Crippen LogP contribution is -2.30. The molecule has 0 fully saturated rings. The maximum atomic E-state index is 11.3. The minimum Gasteiger partial charge on any atom is -0.365 e. The molecule has 76 valence electrons. The van der Waals surface area contributed by atoms with Crippen LogP contribution in [0.15, 0.2) is 30.3 Å². The minimum absolute atomic E-state index is 0.238. The van der Waals surface area contributed by atoms with Gasteiger partial charge in [0, 0.05) is 6.26 Å². The van der Waals surface area contributed by atoms with Crippen LogP contribution in [0.5, 0.6) is 0 Å². The van der Waals surface area contributed by atoms with Crippen molar-refractivity contribution in [2.45, 2.75) is 0 Å². The van der Waals surface area contributed by atoms with Crippen molar-refractivity contribution in [1.82, 2.24) is 0 Å². The zero-order valence-electron chi connectivity index (χ0n) is 7.64. The molecule has 0 radical (unpaired) electrons. The topological polar surface area (TPSA) is 80.4 Å². The van der Waals surface area contributed by atoms with E-state index in [0.29, 0.717) is 5.56 Å². The van der Waals surface area contributed by atoms with Crippen LogP contribution >= 0.6 is 0 Å². The number of nitrogens with two attached hydrogens (primary N) is 1. The third-order valence-corrected chi connectivity index (χ3v) is 2.83. The fourth-order valence-corrected chi connectivity index (χ4v) is 2.08. The van der Waals surface area contributed by atoms with Crippen molar-refractivity contribution >= 4 is 20.6 Å². The first-order chi connectivity index (χ1) is 6.43. The van der Waals surface area contributed by atoms with E-state index < -0.39 is 15.7 Å². The number of rotatable bonds is 2. The van der Waals surface area contributed by atoms with E-state index in [1.165, 1.54) is 0 Å². The molecule has 14 heavy (non-hydrogen) atoms. The Balaban J connectivity index is 3.46. The molecule has 0 heterocycles. The summed E-state index contributed by atoms with van der Waals surface area (Å²) in [5.74, 6) is -0.869. The second kappa shape index (κ2) is 3.81. The van der Waals surface area contributed by atoms with Gasteiger partial charge in [0.1, 0.15) is 4.86 Å². The maximum Gasteiger partial charge on any atom is 0.259 e. The molecule has 1 aromatic rings. The normalized spacial score (nSPS) is 14.4. The van der Waals surface area contributed by atoms with E-state index in [-0.39, 0.29) is 4.86 Å². The maximum absolute atomic E-state index is 11.3. The molecule has 0 bridgehead atoms. The molecule has 1 atom stereocenters. The number of primary amides is 1. The molecule has 0 aliphatic rings. The average Bonchev–Trinajstić information content (AvgIpc) is 2.02. The second-order valence-corrected chi connectivity index (χ2v) is 4.88. The summed E-state index contributed by atoms with van der Waals surface area (Å²) in [5, 5.41) is 0. The predicted molar refractivity (Wildman–Crippen MR) is 56.4 cm³/mol. The Labute approximate surface area is 82.6 Å². The highest BCUT2D eigenvalue weighted by atomic mass is 32.2. The highest BCUT2D eigenvalue weighted by molar-refractivity contribution is 7.98. The van der Waals surface area contributed by atoms with Crippen molar-refractivity contribution in [2.75, 3.05) is 6.26 Å². The van der Waals surface area contributed by atoms with Crippen molar-refractivity contribution in [1.29, 1.82) is 0 Å². The quantitative estimate of drug-likeness (QED) is 0.539. The van der Waals surface area contributed by atoms with Crippen LogP contribution < -0.4 is 5.73 Å². The van der Waals surface area contributed by atoms with Gasteiger partial charge in [-0.3, -0.25) is 4.79 Å². The van der Waals surface area contributed by atoms with Crippen LogP contribution in [-0.2, 0) is 14.6 Å². The van der Waals surface area contributed by atoms with Gasteiger partial charge >= 0.3 is 0 Å². The van der Waals surface area contributed by atoms with Crippen LogP contribution in [0.4, 0.5) is 0 Å². The Morgan fingerprint density at radius 1 is 1.36 bits per heavy atom. The van der Waals surface area contributed by atoms with Gasteiger partial charge in [-0.25, -0.2) is 4.21 Å². The summed E-state index contributed by atoms with van der Waals surface area (Å²) < 4.78 is 20.6. The van der Waals surface area contributed by atoms with E-state index in [1.807, 2.05) is 0 Å². The van der Waals surface area contributed by atoms with Crippen molar-refractivity contribution in [3.05, 3.63) is 35.9 Å². The zero-order valence-corrected chi connectivity index (χ0v) is 8.45. The number of benzene rings is 1. The molecule has 0 aromatic heterocycles. The molecule has 1 amide bonds. The number of hydrogen-bond donors (Lipinski definition) is 2. The number of carbonyl (C=O) groups excluding carboxylic acids is 1. The van der Waals surface area contributed by atoms with Crippen molar-refractivity contribution in [3.8, 4) is 0 Å². The Morgan fingerprint density at radius 3 is 2.21 bits per heavy atom. The number of hydrogen-bond acceptors (Lipinski definition) is 2. The molecular formula is C9H11NO3S. The van der Waals surface area contributed by atoms with Crippen LogP contribution in [0.3, 0.4) is 0 Å². The molecule has 4 nitrogen and oxygen atoms in total. The van der Waals surface area contributed by atoms with E-state index in [0.717, 1.165) is 6.26 Å². The average molecular weight is 213 g/mol. The molecule has 1 aromatic carbocycles. The summed E-state index contributed by atoms with van der Waals surface area (Å²) in [4.78, 5) is 10.8. The first-order valence-corrected chi connectivity index (χ1v) is 5.79. The smallest absolute Gasteiger partial charge is 0.259 e. The van der Waals surface area contributed by atoms with Gasteiger partial charge in [0.25, 0.3) is 5.91 Å². The van der Waals surface area contributed by atoms with Crippen LogP contribution in [0.1, 0.15) is 5.56 Å². The van der Waals surface area contributed by atoms with Crippen LogP contribution in [0.25, 0.3) is 0 Å². The number of carbonyl (C=O) groups is 1. The molecule has 1 unspecified atom stereocenters. The first kappa shape index (κ1) is 10.7. The molecule has 5 heteroatoms. The van der Waals surface area contributed by atoms with Gasteiger partial charge in [0.2, 0.25) is 0 Å². The summed E-state index contributed by atoms with van der Waals surface area (Å²) in [6.45, 7) is 0. The van der Waals surface area contributed by atoms with Gasteiger partial charge in [-0.05, 0) is 5.56 Å². The zero-order chi connectivity index (χ0) is 10.8. The summed E-state index contributed by atoms with van der Waals surface area (Å²) in [6.07, 6.45) is 1.07. The Hall–Kier alpha value is -1.33. The highest BCUT2D eigenvalue weighted by Crippen LogP contribution is 2.03. The number of amides is 1. The molecule has 1 rings (SSSR count). The SMILES string of the molecule is CS(=O)(O)=C(C(N)=O)c1ccccc1. The lowest BCUT2D eigenvalue weighted by molar-refractivity contribution is -0.111. The molecule has 0 aliphatic heterocycles. The Bertz CT molecular complexity index is 450. The van der Waals surface area contributed by atoms with Crippen LogP contribution in [-0.4, -0.2) is 25.8 Å². The monoisotopic (exact) mass is 213 g/mol. The van der Waals surface area contributed by atoms with Crippen molar-refractivity contribution in [3.63, 3.8) is 0 Å². The van der Waals surface area contributed by atoms with Crippen LogP contribution in [0, 0.1) is 0 Å². The van der Waals surface area contributed by atoms with Gasteiger partial charge in [-0.15, -0.1) is 0 Å². The van der Waals surface area contributed by atoms with Gasteiger partial charge in [0.15, 0.2) is 0 Å². The second-order valence-electron chi connectivity index (χ2n) is 2.86. The van der Waals surface area contributed by atoms with Gasteiger partial charge < -0.3 is 10.3 Å². The van der Waals surface area contributed by atoms with Gasteiger partial charge in [-0.2, -0.15) is 0 Å². The summed E-state index contributed by atoms with van der Waals surface area (Å²) in [6, 6.07) is 8.22. The summed E-state index contributed by atoms with van der Waals surface area (Å²) in [7, 11) is -3.33. The highest BCUT2D eigenvalue weighted by Gasteiger charge is 2.15. The van der Waals surface area contributed by atoms with Gasteiger partial charge in [0.05, 0.1) is 9.80 Å². The molecule has 3 N–H and O–H groups in total. The van der Waals surface area contributed by atoms with E-state index in [4.69, 9.17) is 5.73 Å². The Kier molecular flexibility index (Phi) is 2.93. The fraction of sp³-hybridized carbons (Fsp3) is 0.111. The van der Waals surface area contributed by atoms with E-state index in [1.54, 1.807) is 30.3 Å². The van der Waals surface area contributed by atoms with E-state index in [9.17, 15) is 13.6 Å². The first-order valence-electron chi connectivity index (χ1n) is 3.87. The lowest BCUT2D eigenvalue weighted by atomic mass is 10.1. The molecule has 0 aliphatic carbocycles. The van der Waals surface area contributed by atoms with E-state index >= 15 is 0 Å². The fourth-order valence-electron chi connectivity index (χ4n) is 1.14. The lowest BCUT2D eigenvalue weighted by Gasteiger charge is -2.05. The van der Waals surface area contributed by atoms with E-state index in [2.05, 4.69) is 0 Å². The largest absolute Gasteiger partial charge is 0.365 e. The molecule has 0 saturated carbocycles. The van der Waals surface area contributed by atoms with Crippen molar-refractivity contribution in [2.24, 2.45) is 5.73 Å². The standard InChI is InChI=1S/C9H11NO3S/c1-14(12,13)8(9(10)11)7-5-3-2-4-6-7/h2-6H,1H3,(H2,10,11)(H,12,13). The predicted octanol–water partition coefficient (Wildman–Crippen LogP) is 0.0796. The minimum atomic E-state index is -3.33. The summed E-state index contributed by atoms with van der Waals surface area (Å²) >= 11 is 0. The van der Waals surface area contributed by atoms with Gasteiger partial charge in [-0.1, -0.05) is 30.3 Å². The Morgan fingerprint density at radius 2 is 1.86 bits per heavy atom. The molecule has 0 saturated heterocycles. The molecule has 0 spiro atoms.